The first-order chi connectivity index (χ1) is 9.85. The fourth-order valence-corrected chi connectivity index (χ4v) is 2.17. The number of hydrogen-bond acceptors (Lipinski definition) is 7. The number of hydrogen-bond donors (Lipinski definition) is 0. The first-order valence-corrected chi connectivity index (χ1v) is 6.69. The van der Waals surface area contributed by atoms with E-state index in [1.807, 2.05) is 6.07 Å². The molecule has 0 atom stereocenters. The predicted octanol–water partition coefficient (Wildman–Crippen LogP) is 2.89. The van der Waals surface area contributed by atoms with Gasteiger partial charge in [0.25, 0.3) is 5.89 Å². The number of furan rings is 1. The van der Waals surface area contributed by atoms with Gasteiger partial charge in [0.05, 0.1) is 22.6 Å². The van der Waals surface area contributed by atoms with Crippen molar-refractivity contribution in [2.45, 2.75) is 10.8 Å². The molecule has 6 nitrogen and oxygen atoms in total. The van der Waals surface area contributed by atoms with Crippen molar-refractivity contribution < 1.29 is 8.94 Å². The van der Waals surface area contributed by atoms with E-state index in [-0.39, 0.29) is 0 Å². The Labute approximate surface area is 118 Å². The molecule has 0 fully saturated rings. The number of rotatable bonds is 4. The molecule has 0 radical (unpaired) electrons. The lowest BCUT2D eigenvalue weighted by molar-refractivity contribution is 0.411. The molecule has 0 N–H and O–H groups in total. The van der Waals surface area contributed by atoms with E-state index in [0.29, 0.717) is 28.8 Å². The van der Waals surface area contributed by atoms with Crippen molar-refractivity contribution in [1.29, 1.82) is 5.26 Å². The van der Waals surface area contributed by atoms with Crippen molar-refractivity contribution in [1.82, 2.24) is 15.1 Å². The smallest absolute Gasteiger partial charge is 0.293 e. The van der Waals surface area contributed by atoms with Gasteiger partial charge in [0, 0.05) is 6.20 Å². The first kappa shape index (κ1) is 12.4. The molecule has 0 saturated heterocycles. The van der Waals surface area contributed by atoms with E-state index in [1.54, 1.807) is 30.5 Å². The maximum Gasteiger partial charge on any atom is 0.293 e. The summed E-state index contributed by atoms with van der Waals surface area (Å²) in [7, 11) is 0. The maximum atomic E-state index is 8.69. The van der Waals surface area contributed by atoms with Gasteiger partial charge < -0.3 is 8.94 Å². The maximum absolute atomic E-state index is 8.69. The van der Waals surface area contributed by atoms with Crippen LogP contribution in [0.4, 0.5) is 0 Å². The second kappa shape index (κ2) is 5.59. The molecule has 0 bridgehead atoms. The summed E-state index contributed by atoms with van der Waals surface area (Å²) in [6, 6.07) is 9.05. The van der Waals surface area contributed by atoms with Gasteiger partial charge in [-0.2, -0.15) is 10.2 Å². The van der Waals surface area contributed by atoms with Crippen LogP contribution in [0.5, 0.6) is 0 Å². The highest BCUT2D eigenvalue weighted by Crippen LogP contribution is 2.22. The normalized spacial score (nSPS) is 10.3. The molecule has 3 rings (SSSR count). The van der Waals surface area contributed by atoms with Gasteiger partial charge in [-0.3, -0.25) is 0 Å². The molecule has 98 valence electrons. The molecule has 0 aliphatic heterocycles. The Balaban J connectivity index is 1.65. The molecule has 0 amide bonds. The van der Waals surface area contributed by atoms with E-state index >= 15 is 0 Å². The van der Waals surface area contributed by atoms with Crippen LogP contribution in [-0.2, 0) is 5.75 Å². The summed E-state index contributed by atoms with van der Waals surface area (Å²) >= 11 is 1.47. The summed E-state index contributed by atoms with van der Waals surface area (Å²) in [6.45, 7) is 0. The lowest BCUT2D eigenvalue weighted by Crippen LogP contribution is -1.86. The van der Waals surface area contributed by atoms with Crippen molar-refractivity contribution in [3.8, 4) is 17.7 Å². The van der Waals surface area contributed by atoms with Crippen LogP contribution in [-0.4, -0.2) is 15.1 Å². The molecule has 0 aliphatic rings. The fraction of sp³-hybridized carbons (Fsp3) is 0.0769. The van der Waals surface area contributed by atoms with Crippen molar-refractivity contribution in [2.24, 2.45) is 0 Å². The summed E-state index contributed by atoms with van der Waals surface area (Å²) in [6.07, 6.45) is 3.08. The molecule has 3 aromatic rings. The van der Waals surface area contributed by atoms with Crippen LogP contribution in [0.25, 0.3) is 11.7 Å². The first-order valence-electron chi connectivity index (χ1n) is 5.70. The molecule has 3 heterocycles. The van der Waals surface area contributed by atoms with E-state index in [0.717, 1.165) is 5.03 Å². The molecule has 0 saturated carbocycles. The third-order valence-corrected chi connectivity index (χ3v) is 3.35. The van der Waals surface area contributed by atoms with Gasteiger partial charge in [0.1, 0.15) is 6.07 Å². The van der Waals surface area contributed by atoms with E-state index < -0.39 is 0 Å². The summed E-state index contributed by atoms with van der Waals surface area (Å²) in [5.41, 5.74) is 0.536. The lowest BCUT2D eigenvalue weighted by Gasteiger charge is -1.96. The lowest BCUT2D eigenvalue weighted by atomic mass is 10.3. The Morgan fingerprint density at radius 2 is 2.25 bits per heavy atom. The van der Waals surface area contributed by atoms with Crippen molar-refractivity contribution in [3.05, 3.63) is 48.1 Å². The molecule has 20 heavy (non-hydrogen) atoms. The van der Waals surface area contributed by atoms with Crippen LogP contribution in [0.2, 0.25) is 0 Å². The highest BCUT2D eigenvalue weighted by atomic mass is 32.2. The van der Waals surface area contributed by atoms with E-state index in [2.05, 4.69) is 15.1 Å². The number of aromatic nitrogens is 3. The van der Waals surface area contributed by atoms with Crippen LogP contribution >= 0.6 is 11.8 Å². The molecule has 0 aliphatic carbocycles. The zero-order chi connectivity index (χ0) is 13.8. The Kier molecular flexibility index (Phi) is 3.48. The Hall–Kier alpha value is -2.59. The molecular formula is C13H8N4O2S. The van der Waals surface area contributed by atoms with E-state index in [9.17, 15) is 0 Å². The number of nitriles is 1. The van der Waals surface area contributed by atoms with E-state index in [4.69, 9.17) is 14.2 Å². The summed E-state index contributed by atoms with van der Waals surface area (Å²) < 4.78 is 10.3. The van der Waals surface area contributed by atoms with E-state index in [1.165, 1.54) is 18.0 Å². The highest BCUT2D eigenvalue weighted by Gasteiger charge is 2.11. The minimum absolute atomic E-state index is 0.360. The van der Waals surface area contributed by atoms with Gasteiger partial charge in [0.2, 0.25) is 0 Å². The molecule has 7 heteroatoms. The fourth-order valence-electron chi connectivity index (χ4n) is 1.48. The van der Waals surface area contributed by atoms with Crippen molar-refractivity contribution in [3.63, 3.8) is 0 Å². The van der Waals surface area contributed by atoms with Crippen LogP contribution < -0.4 is 0 Å². The van der Waals surface area contributed by atoms with Crippen LogP contribution in [0.1, 0.15) is 11.4 Å². The van der Waals surface area contributed by atoms with Crippen LogP contribution in [0, 0.1) is 11.3 Å². The van der Waals surface area contributed by atoms with Crippen molar-refractivity contribution in [2.75, 3.05) is 0 Å². The van der Waals surface area contributed by atoms with Gasteiger partial charge in [-0.15, -0.1) is 0 Å². The number of thioether (sulfide) groups is 1. The Morgan fingerprint density at radius 3 is 2.95 bits per heavy atom. The topological polar surface area (TPSA) is 88.7 Å². The quantitative estimate of drug-likeness (QED) is 0.680. The molecule has 0 spiro atoms. The third kappa shape index (κ3) is 2.70. The largest absolute Gasteiger partial charge is 0.459 e. The Bertz CT molecular complexity index is 729. The second-order valence-electron chi connectivity index (χ2n) is 3.78. The summed E-state index contributed by atoms with van der Waals surface area (Å²) in [5, 5.41) is 13.4. The third-order valence-electron chi connectivity index (χ3n) is 2.41. The zero-order valence-corrected chi connectivity index (χ0v) is 11.0. The van der Waals surface area contributed by atoms with Crippen LogP contribution in [0.3, 0.4) is 0 Å². The summed E-state index contributed by atoms with van der Waals surface area (Å²) in [5.74, 6) is 2.00. The zero-order valence-electron chi connectivity index (χ0n) is 10.2. The average Bonchev–Trinajstić information content (AvgIpc) is 3.16. The van der Waals surface area contributed by atoms with Gasteiger partial charge >= 0.3 is 0 Å². The molecular weight excluding hydrogens is 276 g/mol. The van der Waals surface area contributed by atoms with Crippen molar-refractivity contribution >= 4 is 11.8 Å². The number of nitrogens with zero attached hydrogens (tertiary/aromatic N) is 4. The monoisotopic (exact) mass is 284 g/mol. The highest BCUT2D eigenvalue weighted by molar-refractivity contribution is 7.98. The standard InChI is InChI=1S/C13H8N4O2S/c14-6-9-3-4-12(15-7-9)20-8-11-16-13(19-17-11)10-2-1-5-18-10/h1-5,7H,8H2. The van der Waals surface area contributed by atoms with Crippen LogP contribution in [0.15, 0.2) is 50.7 Å². The average molecular weight is 284 g/mol. The minimum atomic E-state index is 0.360. The molecule has 0 aromatic carbocycles. The van der Waals surface area contributed by atoms with Gasteiger partial charge in [-0.05, 0) is 24.3 Å². The van der Waals surface area contributed by atoms with Gasteiger partial charge in [0.15, 0.2) is 11.6 Å². The number of pyridine rings is 1. The molecule has 0 unspecified atom stereocenters. The minimum Gasteiger partial charge on any atom is -0.459 e. The second-order valence-corrected chi connectivity index (χ2v) is 4.77. The SMILES string of the molecule is N#Cc1ccc(SCc2noc(-c3ccco3)n2)nc1. The van der Waals surface area contributed by atoms with Gasteiger partial charge in [-0.25, -0.2) is 4.98 Å². The van der Waals surface area contributed by atoms with Gasteiger partial charge in [-0.1, -0.05) is 16.9 Å². The molecule has 3 aromatic heterocycles. The summed E-state index contributed by atoms with van der Waals surface area (Å²) in [4.78, 5) is 8.39. The Morgan fingerprint density at radius 1 is 1.30 bits per heavy atom. The predicted molar refractivity (Wildman–Crippen MR) is 70.5 cm³/mol.